The monoisotopic (exact) mass is 289 g/mol. The van der Waals surface area contributed by atoms with Crippen LogP contribution in [0.3, 0.4) is 0 Å². The topological polar surface area (TPSA) is 12.0 Å². The zero-order valence-electron chi connectivity index (χ0n) is 13.2. The lowest BCUT2D eigenvalue weighted by molar-refractivity contribution is 0.251. The molecule has 3 rings (SSSR count). The molecule has 2 aliphatic carbocycles. The fourth-order valence-corrected chi connectivity index (χ4v) is 3.90. The predicted molar refractivity (Wildman–Crippen MR) is 85.9 cm³/mol. The van der Waals surface area contributed by atoms with Gasteiger partial charge in [-0.1, -0.05) is 44.7 Å². The van der Waals surface area contributed by atoms with Crippen molar-refractivity contribution >= 4 is 0 Å². The Kier molecular flexibility index (Phi) is 4.95. The Labute approximate surface area is 128 Å². The number of hydrogen-bond donors (Lipinski definition) is 1. The van der Waals surface area contributed by atoms with Crippen LogP contribution in [0.4, 0.5) is 4.39 Å². The second kappa shape index (κ2) is 6.91. The summed E-state index contributed by atoms with van der Waals surface area (Å²) in [7, 11) is 0. The van der Waals surface area contributed by atoms with Crippen molar-refractivity contribution in [1.82, 2.24) is 5.32 Å². The molecule has 21 heavy (non-hydrogen) atoms. The average molecular weight is 289 g/mol. The molecule has 0 aromatic heterocycles. The van der Waals surface area contributed by atoms with Crippen molar-refractivity contribution in [2.75, 3.05) is 6.54 Å². The van der Waals surface area contributed by atoms with Crippen LogP contribution in [0.1, 0.15) is 63.4 Å². The molecule has 2 fully saturated rings. The largest absolute Gasteiger partial charge is 0.314 e. The van der Waals surface area contributed by atoms with Gasteiger partial charge in [0.05, 0.1) is 0 Å². The molecule has 1 N–H and O–H groups in total. The first-order chi connectivity index (χ1) is 10.2. The zero-order valence-corrected chi connectivity index (χ0v) is 13.2. The fourth-order valence-electron chi connectivity index (χ4n) is 3.90. The smallest absolute Gasteiger partial charge is 0.123 e. The number of nitrogens with one attached hydrogen (secondary N) is 1. The molecule has 0 atom stereocenters. The summed E-state index contributed by atoms with van der Waals surface area (Å²) in [5.74, 6) is 2.42. The van der Waals surface area contributed by atoms with Gasteiger partial charge in [0.2, 0.25) is 0 Å². The van der Waals surface area contributed by atoms with Gasteiger partial charge in [0.15, 0.2) is 0 Å². The van der Waals surface area contributed by atoms with E-state index in [-0.39, 0.29) is 5.82 Å². The van der Waals surface area contributed by atoms with Crippen LogP contribution in [0.5, 0.6) is 0 Å². The minimum absolute atomic E-state index is 0.130. The molecule has 2 aliphatic rings. The van der Waals surface area contributed by atoms with Crippen molar-refractivity contribution in [1.29, 1.82) is 0 Å². The summed E-state index contributed by atoms with van der Waals surface area (Å²) in [5.41, 5.74) is 1.30. The highest BCUT2D eigenvalue weighted by molar-refractivity contribution is 5.23. The summed E-state index contributed by atoms with van der Waals surface area (Å²) in [6, 6.07) is 7.74. The van der Waals surface area contributed by atoms with Crippen LogP contribution in [-0.2, 0) is 0 Å². The van der Waals surface area contributed by atoms with Crippen LogP contribution in [0, 0.1) is 17.7 Å². The van der Waals surface area contributed by atoms with Gasteiger partial charge in [0.1, 0.15) is 5.82 Å². The van der Waals surface area contributed by atoms with E-state index in [1.54, 1.807) is 12.1 Å². The molecule has 0 heterocycles. The molecule has 1 aromatic rings. The molecule has 0 bridgehead atoms. The van der Waals surface area contributed by atoms with Crippen molar-refractivity contribution in [3.8, 4) is 0 Å². The summed E-state index contributed by atoms with van der Waals surface area (Å²) in [5, 5.41) is 3.71. The molecule has 1 nitrogen and oxygen atoms in total. The minimum Gasteiger partial charge on any atom is -0.314 e. The van der Waals surface area contributed by atoms with Gasteiger partial charge in [-0.05, 0) is 61.3 Å². The molecule has 0 aliphatic heterocycles. The molecular weight excluding hydrogens is 261 g/mol. The third-order valence-corrected chi connectivity index (χ3v) is 5.60. The van der Waals surface area contributed by atoms with Crippen LogP contribution in [0.2, 0.25) is 0 Å². The summed E-state index contributed by atoms with van der Waals surface area (Å²) in [6.07, 6.45) is 9.52. The summed E-state index contributed by atoms with van der Waals surface area (Å²) >= 11 is 0. The first-order valence-electron chi connectivity index (χ1n) is 8.69. The second-order valence-corrected chi connectivity index (χ2v) is 7.29. The zero-order chi connectivity index (χ0) is 14.7. The second-order valence-electron chi connectivity index (χ2n) is 7.29. The van der Waals surface area contributed by atoms with E-state index in [1.165, 1.54) is 57.1 Å². The molecule has 0 amide bonds. The van der Waals surface area contributed by atoms with E-state index in [0.717, 1.165) is 11.8 Å². The predicted octanol–water partition coefficient (Wildman–Crippen LogP) is 4.88. The Morgan fingerprint density at radius 2 is 1.71 bits per heavy atom. The highest BCUT2D eigenvalue weighted by Gasteiger charge is 2.29. The third kappa shape index (κ3) is 4.06. The standard InChI is InChI=1S/C19H28FN/c1-14-2-4-15(5-3-14)10-11-21-19-12-17(13-19)16-6-8-18(20)9-7-16/h6-9,14-15,17,19,21H,2-5,10-13H2,1H3. The maximum Gasteiger partial charge on any atom is 0.123 e. The van der Waals surface area contributed by atoms with Crippen LogP contribution >= 0.6 is 0 Å². The number of rotatable bonds is 5. The van der Waals surface area contributed by atoms with Gasteiger partial charge in [-0.25, -0.2) is 4.39 Å². The molecule has 0 saturated heterocycles. The van der Waals surface area contributed by atoms with Crippen LogP contribution in [0.15, 0.2) is 24.3 Å². The number of hydrogen-bond acceptors (Lipinski definition) is 1. The maximum absolute atomic E-state index is 12.9. The maximum atomic E-state index is 12.9. The lowest BCUT2D eigenvalue weighted by Gasteiger charge is -2.37. The fraction of sp³-hybridized carbons (Fsp3) is 0.684. The third-order valence-electron chi connectivity index (χ3n) is 5.60. The molecular formula is C19H28FN. The van der Waals surface area contributed by atoms with Crippen molar-refractivity contribution < 1.29 is 4.39 Å². The van der Waals surface area contributed by atoms with Crippen LogP contribution in [0.25, 0.3) is 0 Å². The Bertz CT molecular complexity index is 427. The molecule has 0 spiro atoms. The summed E-state index contributed by atoms with van der Waals surface area (Å²) in [6.45, 7) is 3.57. The molecule has 2 heteroatoms. The Morgan fingerprint density at radius 3 is 2.38 bits per heavy atom. The SMILES string of the molecule is CC1CCC(CCNC2CC(c3ccc(F)cc3)C2)CC1. The van der Waals surface area contributed by atoms with Gasteiger partial charge in [-0.3, -0.25) is 0 Å². The molecule has 1 aromatic carbocycles. The van der Waals surface area contributed by atoms with Crippen LogP contribution in [-0.4, -0.2) is 12.6 Å². The van der Waals surface area contributed by atoms with Crippen molar-refractivity contribution in [2.45, 2.75) is 63.8 Å². The molecule has 2 saturated carbocycles. The Hall–Kier alpha value is -0.890. The minimum atomic E-state index is -0.130. The molecule has 0 radical (unpaired) electrons. The Morgan fingerprint density at radius 1 is 1.05 bits per heavy atom. The number of halogens is 1. The van der Waals surface area contributed by atoms with Crippen molar-refractivity contribution in [3.05, 3.63) is 35.6 Å². The number of benzene rings is 1. The summed E-state index contributed by atoms with van der Waals surface area (Å²) in [4.78, 5) is 0. The van der Waals surface area contributed by atoms with Gasteiger partial charge in [0.25, 0.3) is 0 Å². The first kappa shape index (κ1) is 15.0. The van der Waals surface area contributed by atoms with E-state index in [1.807, 2.05) is 12.1 Å². The quantitative estimate of drug-likeness (QED) is 0.814. The lowest BCUT2D eigenvalue weighted by atomic mass is 9.75. The van der Waals surface area contributed by atoms with Crippen molar-refractivity contribution in [2.24, 2.45) is 11.8 Å². The van der Waals surface area contributed by atoms with E-state index in [9.17, 15) is 4.39 Å². The van der Waals surface area contributed by atoms with Crippen LogP contribution < -0.4 is 5.32 Å². The van der Waals surface area contributed by atoms with E-state index in [4.69, 9.17) is 0 Å². The summed E-state index contributed by atoms with van der Waals surface area (Å²) < 4.78 is 12.9. The highest BCUT2D eigenvalue weighted by atomic mass is 19.1. The van der Waals surface area contributed by atoms with E-state index in [2.05, 4.69) is 12.2 Å². The van der Waals surface area contributed by atoms with Gasteiger partial charge in [0, 0.05) is 6.04 Å². The Balaban J connectivity index is 1.31. The van der Waals surface area contributed by atoms with E-state index in [0.29, 0.717) is 12.0 Å². The molecule has 0 unspecified atom stereocenters. The average Bonchev–Trinajstić information content (AvgIpc) is 2.45. The normalized spacial score (nSPS) is 32.7. The van der Waals surface area contributed by atoms with Gasteiger partial charge >= 0.3 is 0 Å². The van der Waals surface area contributed by atoms with Gasteiger partial charge in [-0.15, -0.1) is 0 Å². The highest BCUT2D eigenvalue weighted by Crippen LogP contribution is 2.37. The van der Waals surface area contributed by atoms with Gasteiger partial charge in [-0.2, -0.15) is 0 Å². The van der Waals surface area contributed by atoms with E-state index >= 15 is 0 Å². The van der Waals surface area contributed by atoms with E-state index < -0.39 is 0 Å². The first-order valence-corrected chi connectivity index (χ1v) is 8.69. The van der Waals surface area contributed by atoms with Gasteiger partial charge < -0.3 is 5.32 Å². The lowest BCUT2D eigenvalue weighted by Crippen LogP contribution is -2.41. The van der Waals surface area contributed by atoms with Crippen molar-refractivity contribution in [3.63, 3.8) is 0 Å². The molecule has 116 valence electrons.